The molecule has 0 aliphatic heterocycles. The predicted molar refractivity (Wildman–Crippen MR) is 46.3 cm³/mol. The van der Waals surface area contributed by atoms with E-state index < -0.39 is 0 Å². The molecule has 0 radical (unpaired) electrons. The van der Waals surface area contributed by atoms with Gasteiger partial charge >= 0.3 is 0 Å². The standard InChI is InChI=1S/C9H13NO2/c1-8-4-3-5-10-9(8)12-7-6-11-2/h3-5H,6-7H2,1-2H3. The van der Waals surface area contributed by atoms with Crippen LogP contribution in [0, 0.1) is 6.92 Å². The molecular formula is C9H13NO2. The first-order chi connectivity index (χ1) is 5.84. The molecule has 0 saturated heterocycles. The second-order valence-electron chi connectivity index (χ2n) is 2.47. The van der Waals surface area contributed by atoms with Crippen LogP contribution < -0.4 is 4.74 Å². The Kier molecular flexibility index (Phi) is 3.54. The minimum Gasteiger partial charge on any atom is -0.475 e. The lowest BCUT2D eigenvalue weighted by Gasteiger charge is -2.05. The maximum Gasteiger partial charge on any atom is 0.216 e. The molecule has 1 aromatic heterocycles. The number of nitrogens with zero attached hydrogens (tertiary/aromatic N) is 1. The Hall–Kier alpha value is -1.09. The molecular weight excluding hydrogens is 154 g/mol. The van der Waals surface area contributed by atoms with Crippen LogP contribution in [0.25, 0.3) is 0 Å². The number of pyridine rings is 1. The van der Waals surface area contributed by atoms with Gasteiger partial charge in [-0.1, -0.05) is 6.07 Å². The highest BCUT2D eigenvalue weighted by molar-refractivity contribution is 5.23. The van der Waals surface area contributed by atoms with Crippen LogP contribution >= 0.6 is 0 Å². The van der Waals surface area contributed by atoms with Gasteiger partial charge < -0.3 is 9.47 Å². The number of rotatable bonds is 4. The van der Waals surface area contributed by atoms with Crippen LogP contribution in [0.2, 0.25) is 0 Å². The summed E-state index contributed by atoms with van der Waals surface area (Å²) in [5.41, 5.74) is 1.05. The van der Waals surface area contributed by atoms with Gasteiger partial charge in [-0.05, 0) is 13.0 Å². The molecule has 0 aromatic carbocycles. The molecule has 0 saturated carbocycles. The van der Waals surface area contributed by atoms with Crippen molar-refractivity contribution in [2.75, 3.05) is 20.3 Å². The molecule has 0 fully saturated rings. The van der Waals surface area contributed by atoms with Crippen LogP contribution in [0.3, 0.4) is 0 Å². The van der Waals surface area contributed by atoms with Crippen LogP contribution in [0.15, 0.2) is 18.3 Å². The largest absolute Gasteiger partial charge is 0.475 e. The summed E-state index contributed by atoms with van der Waals surface area (Å²) in [6.07, 6.45) is 1.72. The van der Waals surface area contributed by atoms with Gasteiger partial charge in [-0.15, -0.1) is 0 Å². The van der Waals surface area contributed by atoms with Crippen LogP contribution in [-0.4, -0.2) is 25.3 Å². The normalized spacial score (nSPS) is 9.83. The van der Waals surface area contributed by atoms with Crippen LogP contribution in [-0.2, 0) is 4.74 Å². The van der Waals surface area contributed by atoms with Crippen LogP contribution in [0.5, 0.6) is 5.88 Å². The summed E-state index contributed by atoms with van der Waals surface area (Å²) in [5.74, 6) is 0.689. The number of aromatic nitrogens is 1. The molecule has 3 nitrogen and oxygen atoms in total. The quantitative estimate of drug-likeness (QED) is 0.635. The van der Waals surface area contributed by atoms with Gasteiger partial charge in [0.1, 0.15) is 6.61 Å². The number of hydrogen-bond donors (Lipinski definition) is 0. The third-order valence-corrected chi connectivity index (χ3v) is 1.49. The number of methoxy groups -OCH3 is 1. The summed E-state index contributed by atoms with van der Waals surface area (Å²) >= 11 is 0. The van der Waals surface area contributed by atoms with E-state index in [1.54, 1.807) is 13.3 Å². The van der Waals surface area contributed by atoms with E-state index in [-0.39, 0.29) is 0 Å². The van der Waals surface area contributed by atoms with Crippen molar-refractivity contribution in [3.8, 4) is 5.88 Å². The first-order valence-corrected chi connectivity index (χ1v) is 3.88. The lowest BCUT2D eigenvalue weighted by Crippen LogP contribution is -2.06. The molecule has 0 bridgehead atoms. The maximum absolute atomic E-state index is 5.34. The lowest BCUT2D eigenvalue weighted by atomic mass is 10.3. The Balaban J connectivity index is 2.46. The highest BCUT2D eigenvalue weighted by atomic mass is 16.5. The summed E-state index contributed by atoms with van der Waals surface area (Å²) in [5, 5.41) is 0. The third-order valence-electron chi connectivity index (χ3n) is 1.49. The molecule has 66 valence electrons. The fourth-order valence-corrected chi connectivity index (χ4v) is 0.844. The highest BCUT2D eigenvalue weighted by Gasteiger charge is 1.97. The molecule has 0 unspecified atom stereocenters. The van der Waals surface area contributed by atoms with E-state index in [1.807, 2.05) is 19.1 Å². The van der Waals surface area contributed by atoms with Crippen LogP contribution in [0.4, 0.5) is 0 Å². The molecule has 0 aliphatic rings. The fraction of sp³-hybridized carbons (Fsp3) is 0.444. The van der Waals surface area contributed by atoms with Gasteiger partial charge in [-0.2, -0.15) is 0 Å². The van der Waals surface area contributed by atoms with Gasteiger partial charge in [0.05, 0.1) is 6.61 Å². The Morgan fingerprint density at radius 2 is 2.25 bits per heavy atom. The first kappa shape index (κ1) is 9.00. The summed E-state index contributed by atoms with van der Waals surface area (Å²) in [6, 6.07) is 3.85. The van der Waals surface area contributed by atoms with Crippen molar-refractivity contribution < 1.29 is 9.47 Å². The van der Waals surface area contributed by atoms with E-state index in [0.29, 0.717) is 19.1 Å². The Labute approximate surface area is 72.3 Å². The smallest absolute Gasteiger partial charge is 0.216 e. The molecule has 0 spiro atoms. The van der Waals surface area contributed by atoms with E-state index in [2.05, 4.69) is 4.98 Å². The fourth-order valence-electron chi connectivity index (χ4n) is 0.844. The Morgan fingerprint density at radius 1 is 1.42 bits per heavy atom. The zero-order chi connectivity index (χ0) is 8.81. The molecule has 3 heteroatoms. The highest BCUT2D eigenvalue weighted by Crippen LogP contribution is 2.11. The first-order valence-electron chi connectivity index (χ1n) is 3.88. The Bertz CT molecular complexity index is 238. The molecule has 1 rings (SSSR count). The van der Waals surface area contributed by atoms with Gasteiger partial charge in [-0.25, -0.2) is 4.98 Å². The van der Waals surface area contributed by atoms with Crippen molar-refractivity contribution >= 4 is 0 Å². The molecule has 0 atom stereocenters. The molecule has 12 heavy (non-hydrogen) atoms. The van der Waals surface area contributed by atoms with E-state index in [4.69, 9.17) is 9.47 Å². The van der Waals surface area contributed by atoms with Crippen molar-refractivity contribution in [1.82, 2.24) is 4.98 Å². The van der Waals surface area contributed by atoms with Crippen molar-refractivity contribution in [1.29, 1.82) is 0 Å². The summed E-state index contributed by atoms with van der Waals surface area (Å²) < 4.78 is 10.2. The van der Waals surface area contributed by atoms with Gasteiger partial charge in [0.2, 0.25) is 5.88 Å². The SMILES string of the molecule is COCCOc1ncccc1C. The summed E-state index contributed by atoms with van der Waals surface area (Å²) in [4.78, 5) is 4.07. The predicted octanol–water partition coefficient (Wildman–Crippen LogP) is 1.42. The topological polar surface area (TPSA) is 31.4 Å². The lowest BCUT2D eigenvalue weighted by molar-refractivity contribution is 0.143. The molecule has 1 aromatic rings. The maximum atomic E-state index is 5.34. The van der Waals surface area contributed by atoms with Crippen LogP contribution in [0.1, 0.15) is 5.56 Å². The number of ether oxygens (including phenoxy) is 2. The summed E-state index contributed by atoms with van der Waals surface area (Å²) in [6.45, 7) is 3.11. The average Bonchev–Trinajstić information content (AvgIpc) is 2.09. The van der Waals surface area contributed by atoms with E-state index >= 15 is 0 Å². The van der Waals surface area contributed by atoms with Gasteiger partial charge in [0, 0.05) is 18.9 Å². The zero-order valence-electron chi connectivity index (χ0n) is 7.41. The van der Waals surface area contributed by atoms with Gasteiger partial charge in [-0.3, -0.25) is 0 Å². The third kappa shape index (κ3) is 2.51. The second-order valence-corrected chi connectivity index (χ2v) is 2.47. The Morgan fingerprint density at radius 3 is 2.92 bits per heavy atom. The van der Waals surface area contributed by atoms with Crippen molar-refractivity contribution in [3.05, 3.63) is 23.9 Å². The van der Waals surface area contributed by atoms with Crippen molar-refractivity contribution in [2.45, 2.75) is 6.92 Å². The number of hydrogen-bond acceptors (Lipinski definition) is 3. The minimum atomic E-state index is 0.550. The second kappa shape index (κ2) is 4.72. The molecule has 0 N–H and O–H groups in total. The molecule has 0 amide bonds. The van der Waals surface area contributed by atoms with E-state index in [9.17, 15) is 0 Å². The molecule has 0 aliphatic carbocycles. The number of aryl methyl sites for hydroxylation is 1. The van der Waals surface area contributed by atoms with Gasteiger partial charge in [0.15, 0.2) is 0 Å². The summed E-state index contributed by atoms with van der Waals surface area (Å²) in [7, 11) is 1.65. The zero-order valence-corrected chi connectivity index (χ0v) is 7.41. The van der Waals surface area contributed by atoms with E-state index in [1.165, 1.54) is 0 Å². The van der Waals surface area contributed by atoms with Crippen molar-refractivity contribution in [2.24, 2.45) is 0 Å². The average molecular weight is 167 g/mol. The molecule has 1 heterocycles. The van der Waals surface area contributed by atoms with Crippen molar-refractivity contribution in [3.63, 3.8) is 0 Å². The monoisotopic (exact) mass is 167 g/mol. The minimum absolute atomic E-state index is 0.550. The van der Waals surface area contributed by atoms with E-state index in [0.717, 1.165) is 5.56 Å². The van der Waals surface area contributed by atoms with Gasteiger partial charge in [0.25, 0.3) is 0 Å².